The molecule has 0 heterocycles. The van der Waals surface area contributed by atoms with Crippen molar-refractivity contribution in [1.82, 2.24) is 4.90 Å². The predicted octanol–water partition coefficient (Wildman–Crippen LogP) is 2.80. The van der Waals surface area contributed by atoms with E-state index in [2.05, 4.69) is 15.9 Å². The molecule has 0 saturated heterocycles. The maximum atomic E-state index is 12.6. The van der Waals surface area contributed by atoms with Gasteiger partial charge in [-0.1, -0.05) is 28.1 Å². The molecule has 0 bridgehead atoms. The van der Waals surface area contributed by atoms with E-state index in [4.69, 9.17) is 5.11 Å². The Hall–Kier alpha value is -1.36. The van der Waals surface area contributed by atoms with E-state index in [1.165, 1.54) is 0 Å². The number of likely N-dealkylation sites (N-methyl/N-ethyl adjacent to an activating group) is 1. The van der Waals surface area contributed by atoms with Gasteiger partial charge < -0.3 is 10.0 Å². The fourth-order valence-electron chi connectivity index (χ4n) is 2.47. The third kappa shape index (κ3) is 3.20. The minimum absolute atomic E-state index is 0.0981. The Kier molecular flexibility index (Phi) is 4.48. The number of halogens is 1. The molecule has 108 valence electrons. The molecule has 1 N–H and O–H groups in total. The van der Waals surface area contributed by atoms with Gasteiger partial charge >= 0.3 is 5.97 Å². The van der Waals surface area contributed by atoms with Crippen LogP contribution in [0.3, 0.4) is 0 Å². The van der Waals surface area contributed by atoms with Gasteiger partial charge in [0.1, 0.15) is 0 Å². The number of carboxylic acids is 1. The summed E-state index contributed by atoms with van der Waals surface area (Å²) in [7, 11) is 1.75. The lowest BCUT2D eigenvalue weighted by Crippen LogP contribution is -2.37. The van der Waals surface area contributed by atoms with Crippen molar-refractivity contribution in [3.63, 3.8) is 0 Å². The average molecular weight is 340 g/mol. The maximum absolute atomic E-state index is 12.6. The van der Waals surface area contributed by atoms with Crippen molar-refractivity contribution < 1.29 is 14.7 Å². The topological polar surface area (TPSA) is 57.6 Å². The zero-order valence-corrected chi connectivity index (χ0v) is 13.0. The third-order valence-electron chi connectivity index (χ3n) is 3.77. The van der Waals surface area contributed by atoms with E-state index in [1.54, 1.807) is 11.9 Å². The van der Waals surface area contributed by atoms with E-state index < -0.39 is 5.97 Å². The second-order valence-corrected chi connectivity index (χ2v) is 6.23. The van der Waals surface area contributed by atoms with Crippen LogP contribution in [-0.4, -0.2) is 35.5 Å². The van der Waals surface area contributed by atoms with Crippen molar-refractivity contribution in [2.75, 3.05) is 13.6 Å². The number of hydrogen-bond acceptors (Lipinski definition) is 2. The summed E-state index contributed by atoms with van der Waals surface area (Å²) in [5.74, 6) is -0.722. The Morgan fingerprint density at radius 3 is 2.65 bits per heavy atom. The van der Waals surface area contributed by atoms with Crippen LogP contribution in [-0.2, 0) is 15.0 Å². The molecule has 0 unspecified atom stereocenters. The molecule has 0 atom stereocenters. The van der Waals surface area contributed by atoms with E-state index in [9.17, 15) is 9.59 Å². The first kappa shape index (κ1) is 15.0. The Labute approximate surface area is 126 Å². The summed E-state index contributed by atoms with van der Waals surface area (Å²) in [6.45, 7) is 0.487. The molecule has 20 heavy (non-hydrogen) atoms. The van der Waals surface area contributed by atoms with Crippen LogP contribution in [0.15, 0.2) is 28.7 Å². The molecule has 1 aliphatic rings. The van der Waals surface area contributed by atoms with Gasteiger partial charge in [-0.05, 0) is 37.0 Å². The van der Waals surface area contributed by atoms with Crippen LogP contribution in [0.4, 0.5) is 0 Å². The first-order valence-corrected chi connectivity index (χ1v) is 7.48. The normalized spacial score (nSPS) is 15.7. The molecule has 0 spiro atoms. The number of nitrogens with zero attached hydrogens (tertiary/aromatic N) is 1. The molecule has 1 fully saturated rings. The van der Waals surface area contributed by atoms with Crippen LogP contribution in [0.5, 0.6) is 0 Å². The molecule has 0 radical (unpaired) electrons. The Bertz CT molecular complexity index is 526. The van der Waals surface area contributed by atoms with Gasteiger partial charge in [0.05, 0.1) is 5.41 Å². The molecule has 2 rings (SSSR count). The molecular formula is C15H18BrNO3. The van der Waals surface area contributed by atoms with Crippen LogP contribution in [0.2, 0.25) is 0 Å². The summed E-state index contributed by atoms with van der Waals surface area (Å²) in [5.41, 5.74) is 0.656. The SMILES string of the molecule is CN(CCCC(=O)O)C(=O)C1(c2cccc(Br)c2)CC1. The van der Waals surface area contributed by atoms with Crippen molar-refractivity contribution in [1.29, 1.82) is 0 Å². The monoisotopic (exact) mass is 339 g/mol. The second-order valence-electron chi connectivity index (χ2n) is 5.32. The zero-order chi connectivity index (χ0) is 14.8. The lowest BCUT2D eigenvalue weighted by atomic mass is 9.94. The highest BCUT2D eigenvalue weighted by Gasteiger charge is 2.52. The van der Waals surface area contributed by atoms with Gasteiger partial charge in [-0.3, -0.25) is 9.59 Å². The van der Waals surface area contributed by atoms with Crippen molar-refractivity contribution in [3.8, 4) is 0 Å². The van der Waals surface area contributed by atoms with Crippen LogP contribution in [0.1, 0.15) is 31.2 Å². The summed E-state index contributed by atoms with van der Waals surface area (Å²) in [4.78, 5) is 24.8. The molecule has 1 aromatic carbocycles. The molecule has 1 amide bonds. The fourth-order valence-corrected chi connectivity index (χ4v) is 2.87. The highest BCUT2D eigenvalue weighted by atomic mass is 79.9. The number of rotatable bonds is 6. The zero-order valence-electron chi connectivity index (χ0n) is 11.4. The van der Waals surface area contributed by atoms with Crippen molar-refractivity contribution in [2.24, 2.45) is 0 Å². The molecule has 0 aromatic heterocycles. The molecule has 5 heteroatoms. The van der Waals surface area contributed by atoms with Crippen molar-refractivity contribution in [2.45, 2.75) is 31.1 Å². The number of hydrogen-bond donors (Lipinski definition) is 1. The minimum Gasteiger partial charge on any atom is -0.481 e. The number of carboxylic acid groups (broad SMARTS) is 1. The Balaban J connectivity index is 2.03. The Morgan fingerprint density at radius 2 is 2.10 bits per heavy atom. The Morgan fingerprint density at radius 1 is 1.40 bits per heavy atom. The van der Waals surface area contributed by atoms with Crippen molar-refractivity contribution >= 4 is 27.8 Å². The summed E-state index contributed by atoms with van der Waals surface area (Å²) in [6, 6.07) is 7.87. The van der Waals surface area contributed by atoms with E-state index in [0.29, 0.717) is 13.0 Å². The van der Waals surface area contributed by atoms with Gasteiger partial charge in [0.15, 0.2) is 0 Å². The number of benzene rings is 1. The summed E-state index contributed by atoms with van der Waals surface area (Å²) in [6.07, 6.45) is 2.32. The van der Waals surface area contributed by atoms with Crippen LogP contribution in [0.25, 0.3) is 0 Å². The molecular weight excluding hydrogens is 322 g/mol. The summed E-state index contributed by atoms with van der Waals surface area (Å²) in [5, 5.41) is 8.64. The molecule has 0 aliphatic heterocycles. The largest absolute Gasteiger partial charge is 0.481 e. The van der Waals surface area contributed by atoms with Gasteiger partial charge in [-0.25, -0.2) is 0 Å². The number of carbonyl (C=O) groups is 2. The average Bonchev–Trinajstić information content (AvgIpc) is 3.18. The first-order chi connectivity index (χ1) is 9.45. The van der Waals surface area contributed by atoms with E-state index in [1.807, 2.05) is 24.3 Å². The van der Waals surface area contributed by atoms with Crippen molar-refractivity contribution in [3.05, 3.63) is 34.3 Å². The van der Waals surface area contributed by atoms with Gasteiger partial charge in [-0.15, -0.1) is 0 Å². The highest BCUT2D eigenvalue weighted by molar-refractivity contribution is 9.10. The van der Waals surface area contributed by atoms with Gasteiger partial charge in [0.2, 0.25) is 5.91 Å². The van der Waals surface area contributed by atoms with E-state index >= 15 is 0 Å². The van der Waals surface area contributed by atoms with Crippen LogP contribution >= 0.6 is 15.9 Å². The smallest absolute Gasteiger partial charge is 0.303 e. The van der Waals surface area contributed by atoms with Gasteiger partial charge in [0, 0.05) is 24.5 Å². The van der Waals surface area contributed by atoms with E-state index in [0.717, 1.165) is 22.9 Å². The standard InChI is InChI=1S/C15H18BrNO3/c1-17(9-3-6-13(18)19)14(20)15(7-8-15)11-4-2-5-12(16)10-11/h2,4-5,10H,3,6-9H2,1H3,(H,18,19). The predicted molar refractivity (Wildman–Crippen MR) is 79.6 cm³/mol. The quantitative estimate of drug-likeness (QED) is 0.866. The van der Waals surface area contributed by atoms with E-state index in [-0.39, 0.29) is 17.7 Å². The number of amides is 1. The molecule has 1 aliphatic carbocycles. The third-order valence-corrected chi connectivity index (χ3v) is 4.26. The van der Waals surface area contributed by atoms with Gasteiger partial charge in [-0.2, -0.15) is 0 Å². The van der Waals surface area contributed by atoms with Crippen LogP contribution < -0.4 is 0 Å². The number of aliphatic carboxylic acids is 1. The first-order valence-electron chi connectivity index (χ1n) is 6.69. The lowest BCUT2D eigenvalue weighted by molar-refractivity contribution is -0.138. The van der Waals surface area contributed by atoms with Gasteiger partial charge in [0.25, 0.3) is 0 Å². The second kappa shape index (κ2) is 5.95. The number of carbonyl (C=O) groups excluding carboxylic acids is 1. The molecule has 4 nitrogen and oxygen atoms in total. The molecule has 1 aromatic rings. The minimum atomic E-state index is -0.820. The fraction of sp³-hybridized carbons (Fsp3) is 0.467. The van der Waals surface area contributed by atoms with Crippen LogP contribution in [0, 0.1) is 0 Å². The summed E-state index contributed by atoms with van der Waals surface area (Å²) >= 11 is 3.44. The molecule has 1 saturated carbocycles. The lowest BCUT2D eigenvalue weighted by Gasteiger charge is -2.24. The summed E-state index contributed by atoms with van der Waals surface area (Å²) < 4.78 is 0.975. The highest BCUT2D eigenvalue weighted by Crippen LogP contribution is 2.49. The maximum Gasteiger partial charge on any atom is 0.303 e.